The Labute approximate surface area is 114 Å². The van der Waals surface area contributed by atoms with E-state index < -0.39 is 5.97 Å². The molecule has 0 aromatic carbocycles. The van der Waals surface area contributed by atoms with Gasteiger partial charge < -0.3 is 5.11 Å². The quantitative estimate of drug-likeness (QED) is 0.891. The van der Waals surface area contributed by atoms with E-state index in [1.165, 1.54) is 0 Å². The van der Waals surface area contributed by atoms with Gasteiger partial charge in [0.1, 0.15) is 0 Å². The third-order valence-corrected chi connectivity index (χ3v) is 4.44. The lowest BCUT2D eigenvalue weighted by Crippen LogP contribution is -2.37. The predicted molar refractivity (Wildman–Crippen MR) is 73.9 cm³/mol. The second-order valence-electron chi connectivity index (χ2n) is 6.83. The van der Waals surface area contributed by atoms with Crippen LogP contribution < -0.4 is 0 Å². The second kappa shape index (κ2) is 4.99. The van der Waals surface area contributed by atoms with E-state index in [1.54, 1.807) is 0 Å². The first-order valence-electron chi connectivity index (χ1n) is 7.03. The van der Waals surface area contributed by atoms with Crippen LogP contribution in [-0.2, 0) is 4.79 Å². The van der Waals surface area contributed by atoms with E-state index in [9.17, 15) is 9.90 Å². The maximum atomic E-state index is 11.5. The van der Waals surface area contributed by atoms with E-state index in [1.807, 2.05) is 23.9 Å². The van der Waals surface area contributed by atoms with Crippen molar-refractivity contribution in [2.45, 2.75) is 53.0 Å². The summed E-state index contributed by atoms with van der Waals surface area (Å²) in [5.74, 6) is -0.444. The van der Waals surface area contributed by atoms with Crippen LogP contribution in [0.1, 0.15) is 51.8 Å². The van der Waals surface area contributed by atoms with E-state index >= 15 is 0 Å². The number of aromatic nitrogens is 2. The van der Waals surface area contributed by atoms with E-state index in [4.69, 9.17) is 0 Å². The van der Waals surface area contributed by atoms with E-state index in [0.29, 0.717) is 5.92 Å². The molecule has 1 aromatic rings. The van der Waals surface area contributed by atoms with Gasteiger partial charge in [-0.25, -0.2) is 0 Å². The van der Waals surface area contributed by atoms with Crippen LogP contribution in [0.4, 0.5) is 0 Å². The van der Waals surface area contributed by atoms with E-state index in [0.717, 1.165) is 25.0 Å². The Balaban J connectivity index is 2.25. The molecule has 19 heavy (non-hydrogen) atoms. The molecule has 1 aliphatic rings. The maximum absolute atomic E-state index is 11.5. The molecule has 0 amide bonds. The van der Waals surface area contributed by atoms with Crippen LogP contribution in [0.2, 0.25) is 0 Å². The molecule has 1 N–H and O–H groups in total. The number of rotatable bonds is 2. The number of aliphatic carboxylic acids is 1. The number of carboxylic acids is 1. The number of hydrogen-bond acceptors (Lipinski definition) is 2. The lowest BCUT2D eigenvalue weighted by atomic mass is 9.68. The zero-order valence-corrected chi connectivity index (χ0v) is 12.3. The Morgan fingerprint density at radius 3 is 2.58 bits per heavy atom. The Hall–Kier alpha value is -1.32. The Bertz CT molecular complexity index is 459. The third kappa shape index (κ3) is 2.99. The van der Waals surface area contributed by atoms with Crippen molar-refractivity contribution >= 4 is 5.97 Å². The van der Waals surface area contributed by atoms with Gasteiger partial charge in [0, 0.05) is 6.20 Å². The molecule has 3 atom stereocenters. The molecule has 1 heterocycles. The largest absolute Gasteiger partial charge is 0.481 e. The fourth-order valence-corrected chi connectivity index (χ4v) is 3.13. The monoisotopic (exact) mass is 264 g/mol. The molecule has 0 saturated heterocycles. The summed E-state index contributed by atoms with van der Waals surface area (Å²) in [5.41, 5.74) is 1.17. The van der Waals surface area contributed by atoms with Gasteiger partial charge in [0.15, 0.2) is 0 Å². The Morgan fingerprint density at radius 2 is 2.11 bits per heavy atom. The van der Waals surface area contributed by atoms with Gasteiger partial charge in [-0.15, -0.1) is 0 Å². The molecule has 0 spiro atoms. The summed E-state index contributed by atoms with van der Waals surface area (Å²) in [5, 5.41) is 13.9. The second-order valence-corrected chi connectivity index (χ2v) is 6.83. The van der Waals surface area contributed by atoms with Crippen LogP contribution in [0.25, 0.3) is 0 Å². The summed E-state index contributed by atoms with van der Waals surface area (Å²) in [4.78, 5) is 11.5. The Kier molecular flexibility index (Phi) is 3.70. The number of nitrogens with zero attached hydrogens (tertiary/aromatic N) is 2. The SMILES string of the molecule is Cc1ccn(C2CC(C(C)(C)C)CCC2C(=O)O)n1. The molecule has 1 aliphatic carbocycles. The van der Waals surface area contributed by atoms with Crippen molar-refractivity contribution in [1.82, 2.24) is 9.78 Å². The lowest BCUT2D eigenvalue weighted by Gasteiger charge is -2.40. The van der Waals surface area contributed by atoms with Crippen molar-refractivity contribution in [2.24, 2.45) is 17.3 Å². The minimum absolute atomic E-state index is 0.0100. The normalized spacial score (nSPS) is 28.3. The third-order valence-electron chi connectivity index (χ3n) is 4.44. The topological polar surface area (TPSA) is 55.1 Å². The van der Waals surface area contributed by atoms with Gasteiger partial charge in [0.05, 0.1) is 17.7 Å². The average Bonchev–Trinajstić information content (AvgIpc) is 2.73. The number of carbonyl (C=O) groups is 1. The van der Waals surface area contributed by atoms with Crippen molar-refractivity contribution in [3.05, 3.63) is 18.0 Å². The summed E-state index contributed by atoms with van der Waals surface area (Å²) < 4.78 is 1.87. The molecule has 0 aliphatic heterocycles. The molecule has 3 unspecified atom stereocenters. The molecule has 0 bridgehead atoms. The number of aryl methyl sites for hydroxylation is 1. The fourth-order valence-electron chi connectivity index (χ4n) is 3.13. The van der Waals surface area contributed by atoms with Gasteiger partial charge >= 0.3 is 5.97 Å². The summed E-state index contributed by atoms with van der Waals surface area (Å²) >= 11 is 0. The first-order chi connectivity index (χ1) is 8.79. The minimum atomic E-state index is -0.689. The van der Waals surface area contributed by atoms with Crippen LogP contribution in [0.5, 0.6) is 0 Å². The molecule has 2 rings (SSSR count). The highest BCUT2D eigenvalue weighted by Gasteiger charge is 2.40. The smallest absolute Gasteiger partial charge is 0.308 e. The van der Waals surface area contributed by atoms with Crippen molar-refractivity contribution in [2.75, 3.05) is 0 Å². The van der Waals surface area contributed by atoms with Gasteiger partial charge in [-0.1, -0.05) is 20.8 Å². The highest BCUT2D eigenvalue weighted by Crippen LogP contribution is 2.44. The summed E-state index contributed by atoms with van der Waals surface area (Å²) in [6.07, 6.45) is 4.57. The van der Waals surface area contributed by atoms with Crippen molar-refractivity contribution in [3.63, 3.8) is 0 Å². The van der Waals surface area contributed by atoms with E-state index in [2.05, 4.69) is 25.9 Å². The minimum Gasteiger partial charge on any atom is -0.481 e. The van der Waals surface area contributed by atoms with Crippen LogP contribution in [0.3, 0.4) is 0 Å². The molecule has 4 heteroatoms. The molecule has 106 valence electrons. The molecule has 1 fully saturated rings. The van der Waals surface area contributed by atoms with Crippen molar-refractivity contribution in [3.8, 4) is 0 Å². The van der Waals surface area contributed by atoms with E-state index in [-0.39, 0.29) is 17.4 Å². The van der Waals surface area contributed by atoms with Crippen LogP contribution in [-0.4, -0.2) is 20.9 Å². The summed E-state index contributed by atoms with van der Waals surface area (Å²) in [7, 11) is 0. The molecule has 1 saturated carbocycles. The van der Waals surface area contributed by atoms with Gasteiger partial charge in [0.25, 0.3) is 0 Å². The van der Waals surface area contributed by atoms with Crippen LogP contribution in [0.15, 0.2) is 12.3 Å². The highest BCUT2D eigenvalue weighted by atomic mass is 16.4. The average molecular weight is 264 g/mol. The summed E-state index contributed by atoms with van der Waals surface area (Å²) in [6.45, 7) is 8.66. The Morgan fingerprint density at radius 1 is 1.42 bits per heavy atom. The van der Waals surface area contributed by atoms with Gasteiger partial charge in [-0.3, -0.25) is 9.48 Å². The summed E-state index contributed by atoms with van der Waals surface area (Å²) in [6, 6.07) is 1.93. The highest BCUT2D eigenvalue weighted by molar-refractivity contribution is 5.70. The molecular formula is C15H24N2O2. The van der Waals surface area contributed by atoms with Gasteiger partial charge in [-0.2, -0.15) is 5.10 Å². The zero-order valence-electron chi connectivity index (χ0n) is 12.3. The van der Waals surface area contributed by atoms with Gasteiger partial charge in [0.2, 0.25) is 0 Å². The molecule has 1 aromatic heterocycles. The van der Waals surface area contributed by atoms with Crippen LogP contribution in [0, 0.1) is 24.2 Å². The van der Waals surface area contributed by atoms with Crippen molar-refractivity contribution in [1.29, 1.82) is 0 Å². The van der Waals surface area contributed by atoms with Crippen molar-refractivity contribution < 1.29 is 9.90 Å². The zero-order chi connectivity index (χ0) is 14.2. The standard InChI is InChI=1S/C15H24N2O2/c1-10-7-8-17(16-10)13-9-11(15(2,3)4)5-6-12(13)14(18)19/h7-8,11-13H,5-6,9H2,1-4H3,(H,18,19). The van der Waals surface area contributed by atoms with Crippen LogP contribution >= 0.6 is 0 Å². The fraction of sp³-hybridized carbons (Fsp3) is 0.733. The van der Waals surface area contributed by atoms with Gasteiger partial charge in [-0.05, 0) is 43.6 Å². The first-order valence-corrected chi connectivity index (χ1v) is 7.03. The first kappa shape index (κ1) is 14.1. The molecule has 0 radical (unpaired) electrons. The maximum Gasteiger partial charge on any atom is 0.308 e. The molecular weight excluding hydrogens is 240 g/mol. The number of hydrogen-bond donors (Lipinski definition) is 1. The predicted octanol–water partition coefficient (Wildman–Crippen LogP) is 3.28. The number of carboxylic acid groups (broad SMARTS) is 1. The lowest BCUT2D eigenvalue weighted by molar-refractivity contribution is -0.145. The molecule has 4 nitrogen and oxygen atoms in total.